The smallest absolute Gasteiger partial charge is 0.416 e. The van der Waals surface area contributed by atoms with Crippen LogP contribution in [0.2, 0.25) is 0 Å². The summed E-state index contributed by atoms with van der Waals surface area (Å²) in [6, 6.07) is 10.3. The van der Waals surface area contributed by atoms with Crippen LogP contribution in [0.1, 0.15) is 24.0 Å². The van der Waals surface area contributed by atoms with Crippen LogP contribution < -0.4 is 4.74 Å². The van der Waals surface area contributed by atoms with E-state index in [1.54, 1.807) is 0 Å². The lowest BCUT2D eigenvalue weighted by Gasteiger charge is -2.39. The van der Waals surface area contributed by atoms with Crippen molar-refractivity contribution in [2.45, 2.75) is 30.7 Å². The Labute approximate surface area is 182 Å². The number of nitro benzene ring substituents is 1. The van der Waals surface area contributed by atoms with Gasteiger partial charge in [0, 0.05) is 31.8 Å². The maximum Gasteiger partial charge on any atom is 0.416 e. The van der Waals surface area contributed by atoms with Crippen molar-refractivity contribution < 1.29 is 38.5 Å². The van der Waals surface area contributed by atoms with Gasteiger partial charge < -0.3 is 25.3 Å². The fourth-order valence-corrected chi connectivity index (χ4v) is 3.59. The standard InChI is InChI=1S/C21H23F3N2O5.H2O/c22-21(23,24)16-3-1-2-15(12-16)20(28)8-10-25(11-9-20)13-18(27)14-31-19-6-4-17(5-7-19)26(29)30;/h1-7,12,18,27-28H,8-11,13-14H2;1H2. The van der Waals surface area contributed by atoms with Crippen LogP contribution in [0.3, 0.4) is 0 Å². The zero-order valence-electron chi connectivity index (χ0n) is 17.1. The highest BCUT2D eigenvalue weighted by atomic mass is 19.4. The highest BCUT2D eigenvalue weighted by molar-refractivity contribution is 5.36. The van der Waals surface area contributed by atoms with Crippen LogP contribution in [0.15, 0.2) is 48.5 Å². The molecule has 32 heavy (non-hydrogen) atoms. The van der Waals surface area contributed by atoms with Gasteiger partial charge in [0.2, 0.25) is 0 Å². The van der Waals surface area contributed by atoms with E-state index in [-0.39, 0.29) is 42.7 Å². The number of β-amino-alcohol motifs (C(OH)–C–C–N with tert-alkyl or cyclic N) is 1. The minimum atomic E-state index is -4.47. The van der Waals surface area contributed by atoms with E-state index < -0.39 is 28.4 Å². The molecule has 0 aromatic heterocycles. The maximum atomic E-state index is 13.0. The lowest BCUT2D eigenvalue weighted by molar-refractivity contribution is -0.384. The van der Waals surface area contributed by atoms with E-state index in [0.717, 1.165) is 12.1 Å². The summed E-state index contributed by atoms with van der Waals surface area (Å²) in [4.78, 5) is 12.0. The van der Waals surface area contributed by atoms with Gasteiger partial charge in [-0.25, -0.2) is 0 Å². The number of halogens is 3. The predicted molar refractivity (Wildman–Crippen MR) is 109 cm³/mol. The van der Waals surface area contributed by atoms with Crippen molar-refractivity contribution in [1.82, 2.24) is 4.90 Å². The van der Waals surface area contributed by atoms with E-state index in [4.69, 9.17) is 4.74 Å². The number of benzene rings is 2. The monoisotopic (exact) mass is 458 g/mol. The summed E-state index contributed by atoms with van der Waals surface area (Å²) >= 11 is 0. The van der Waals surface area contributed by atoms with E-state index in [0.29, 0.717) is 18.8 Å². The first-order chi connectivity index (χ1) is 14.6. The van der Waals surface area contributed by atoms with E-state index in [2.05, 4.69) is 0 Å². The van der Waals surface area contributed by atoms with E-state index in [9.17, 15) is 33.5 Å². The predicted octanol–water partition coefficient (Wildman–Crippen LogP) is 2.51. The van der Waals surface area contributed by atoms with Gasteiger partial charge >= 0.3 is 6.18 Å². The summed E-state index contributed by atoms with van der Waals surface area (Å²) in [5, 5.41) is 31.7. The number of aliphatic hydroxyl groups is 2. The Hall–Kier alpha value is -2.73. The number of piperidine rings is 1. The molecule has 11 heteroatoms. The molecule has 2 aromatic rings. The van der Waals surface area contributed by atoms with Crippen molar-refractivity contribution in [2.75, 3.05) is 26.2 Å². The zero-order valence-corrected chi connectivity index (χ0v) is 17.1. The van der Waals surface area contributed by atoms with Crippen LogP contribution in [0.4, 0.5) is 18.9 Å². The molecule has 4 N–H and O–H groups in total. The number of non-ortho nitro benzene ring substituents is 1. The molecular formula is C21H25F3N2O6. The molecule has 1 saturated heterocycles. The number of hydrogen-bond donors (Lipinski definition) is 2. The Kier molecular flexibility index (Phi) is 8.18. The second-order valence-electron chi connectivity index (χ2n) is 7.63. The van der Waals surface area contributed by atoms with Crippen LogP contribution in [0.5, 0.6) is 5.75 Å². The number of likely N-dealkylation sites (tertiary alicyclic amines) is 1. The lowest BCUT2D eigenvalue weighted by Crippen LogP contribution is -2.46. The van der Waals surface area contributed by atoms with Gasteiger partial charge in [-0.2, -0.15) is 13.2 Å². The highest BCUT2D eigenvalue weighted by Crippen LogP contribution is 2.36. The van der Waals surface area contributed by atoms with Gasteiger partial charge in [-0.3, -0.25) is 10.1 Å². The van der Waals surface area contributed by atoms with Gasteiger partial charge in [0.15, 0.2) is 0 Å². The topological polar surface area (TPSA) is 128 Å². The second-order valence-corrected chi connectivity index (χ2v) is 7.63. The minimum absolute atomic E-state index is 0. The molecule has 1 unspecified atom stereocenters. The molecular weight excluding hydrogens is 433 g/mol. The minimum Gasteiger partial charge on any atom is -0.491 e. The number of hydrogen-bond acceptors (Lipinski definition) is 6. The summed E-state index contributed by atoms with van der Waals surface area (Å²) in [6.07, 6.45) is -4.83. The quantitative estimate of drug-likeness (QED) is 0.485. The summed E-state index contributed by atoms with van der Waals surface area (Å²) < 4.78 is 44.3. The molecule has 1 aliphatic rings. The number of aliphatic hydroxyl groups excluding tert-OH is 1. The fourth-order valence-electron chi connectivity index (χ4n) is 3.59. The molecule has 0 spiro atoms. The molecule has 0 amide bonds. The van der Waals surface area contributed by atoms with Crippen molar-refractivity contribution in [3.8, 4) is 5.75 Å². The lowest BCUT2D eigenvalue weighted by atomic mass is 9.83. The molecule has 176 valence electrons. The summed E-state index contributed by atoms with van der Waals surface area (Å²) in [6.45, 7) is 1.06. The third-order valence-electron chi connectivity index (χ3n) is 5.37. The zero-order chi connectivity index (χ0) is 22.6. The van der Waals surface area contributed by atoms with Crippen LogP contribution in [-0.4, -0.2) is 57.9 Å². The summed E-state index contributed by atoms with van der Waals surface area (Å²) in [7, 11) is 0. The van der Waals surface area contributed by atoms with Crippen molar-refractivity contribution >= 4 is 5.69 Å². The number of nitro groups is 1. The van der Waals surface area contributed by atoms with E-state index >= 15 is 0 Å². The molecule has 2 aromatic carbocycles. The first-order valence-electron chi connectivity index (χ1n) is 9.75. The Bertz CT molecular complexity index is 899. The molecule has 8 nitrogen and oxygen atoms in total. The molecule has 1 atom stereocenters. The SMILES string of the molecule is O.O=[N+]([O-])c1ccc(OCC(O)CN2CCC(O)(c3cccc(C(F)(F)F)c3)CC2)cc1. The molecule has 1 fully saturated rings. The first-order valence-corrected chi connectivity index (χ1v) is 9.75. The number of ether oxygens (including phenoxy) is 1. The highest BCUT2D eigenvalue weighted by Gasteiger charge is 2.37. The van der Waals surface area contributed by atoms with Gasteiger partial charge in [0.05, 0.1) is 16.1 Å². The number of nitrogens with zero attached hydrogens (tertiary/aromatic N) is 2. The summed E-state index contributed by atoms with van der Waals surface area (Å²) in [5.41, 5.74) is -1.96. The fraction of sp³-hybridized carbons (Fsp3) is 0.429. The third kappa shape index (κ3) is 6.39. The average Bonchev–Trinajstić information content (AvgIpc) is 2.74. The van der Waals surface area contributed by atoms with Crippen LogP contribution >= 0.6 is 0 Å². The Balaban J connectivity index is 0.00000363. The van der Waals surface area contributed by atoms with Crippen molar-refractivity contribution in [1.29, 1.82) is 0 Å². The molecule has 0 saturated carbocycles. The Morgan fingerprint density at radius 2 is 1.78 bits per heavy atom. The van der Waals surface area contributed by atoms with E-state index in [1.807, 2.05) is 4.90 Å². The van der Waals surface area contributed by atoms with Crippen molar-refractivity contribution in [3.05, 3.63) is 69.8 Å². The number of alkyl halides is 3. The molecule has 1 aliphatic heterocycles. The van der Waals surface area contributed by atoms with Crippen LogP contribution in [0, 0.1) is 10.1 Å². The van der Waals surface area contributed by atoms with Gasteiger partial charge in [-0.1, -0.05) is 12.1 Å². The summed E-state index contributed by atoms with van der Waals surface area (Å²) in [5.74, 6) is 0.391. The van der Waals surface area contributed by atoms with Crippen LogP contribution in [-0.2, 0) is 11.8 Å². The second kappa shape index (κ2) is 10.3. The molecule has 0 aliphatic carbocycles. The third-order valence-corrected chi connectivity index (χ3v) is 5.37. The average molecular weight is 458 g/mol. The first kappa shape index (κ1) is 25.5. The normalized spacial score (nSPS) is 17.3. The van der Waals surface area contributed by atoms with Crippen LogP contribution in [0.25, 0.3) is 0 Å². The van der Waals surface area contributed by atoms with Crippen molar-refractivity contribution in [3.63, 3.8) is 0 Å². The Morgan fingerprint density at radius 3 is 2.34 bits per heavy atom. The van der Waals surface area contributed by atoms with Gasteiger partial charge in [-0.05, 0) is 42.7 Å². The van der Waals surface area contributed by atoms with Gasteiger partial charge in [0.25, 0.3) is 5.69 Å². The molecule has 3 rings (SSSR count). The molecule has 0 bridgehead atoms. The van der Waals surface area contributed by atoms with Gasteiger partial charge in [-0.15, -0.1) is 0 Å². The largest absolute Gasteiger partial charge is 0.491 e. The molecule has 1 heterocycles. The number of rotatable bonds is 7. The molecule has 0 radical (unpaired) electrons. The van der Waals surface area contributed by atoms with Gasteiger partial charge in [0.1, 0.15) is 18.5 Å². The maximum absolute atomic E-state index is 13.0. The van der Waals surface area contributed by atoms with E-state index in [1.165, 1.54) is 36.4 Å². The Morgan fingerprint density at radius 1 is 1.16 bits per heavy atom. The van der Waals surface area contributed by atoms with Crippen molar-refractivity contribution in [2.24, 2.45) is 0 Å².